The monoisotopic (exact) mass is 579 g/mol. The molecule has 0 N–H and O–H groups in total. The summed E-state index contributed by atoms with van der Waals surface area (Å²) in [6, 6.07) is 6.20. The molecule has 11 heteroatoms. The molecule has 0 spiro atoms. The smallest absolute Gasteiger partial charge is 0.272 e. The number of piperidine rings is 2. The number of hydrogen-bond donors (Lipinski definition) is 0. The third-order valence-corrected chi connectivity index (χ3v) is 11.1. The number of hydrogen-bond acceptors (Lipinski definition) is 6. The van der Waals surface area contributed by atoms with Crippen molar-refractivity contribution in [3.05, 3.63) is 57.1 Å². The lowest BCUT2D eigenvalue weighted by molar-refractivity contribution is 0.0537. The van der Waals surface area contributed by atoms with Crippen LogP contribution in [-0.4, -0.2) is 89.0 Å². The van der Waals surface area contributed by atoms with Gasteiger partial charge in [0, 0.05) is 43.0 Å². The van der Waals surface area contributed by atoms with Crippen molar-refractivity contribution in [2.45, 2.75) is 64.0 Å². The number of carbonyl (C=O) groups excluding carboxylic acids is 1. The van der Waals surface area contributed by atoms with Gasteiger partial charge in [-0.05, 0) is 82.7 Å². The van der Waals surface area contributed by atoms with Gasteiger partial charge < -0.3 is 9.80 Å². The number of carbonyl (C=O) groups is 1. The highest BCUT2D eigenvalue weighted by Gasteiger charge is 2.38. The summed E-state index contributed by atoms with van der Waals surface area (Å²) in [6.45, 7) is 5.84. The van der Waals surface area contributed by atoms with E-state index in [-0.39, 0.29) is 11.9 Å². The maximum Gasteiger partial charge on any atom is 0.272 e. The number of benzene rings is 1. The summed E-state index contributed by atoms with van der Waals surface area (Å²) in [5.74, 6) is 0.265. The van der Waals surface area contributed by atoms with Crippen LogP contribution in [0.25, 0.3) is 0 Å². The lowest BCUT2D eigenvalue weighted by Gasteiger charge is -2.43. The summed E-state index contributed by atoms with van der Waals surface area (Å²) in [6.07, 6.45) is 7.30. The van der Waals surface area contributed by atoms with Gasteiger partial charge in [-0.1, -0.05) is 29.3 Å². The van der Waals surface area contributed by atoms with Crippen LogP contribution in [0.5, 0.6) is 0 Å². The topological polar surface area (TPSA) is 86.7 Å². The van der Waals surface area contributed by atoms with Crippen LogP contribution in [0, 0.1) is 6.92 Å². The molecule has 5 rings (SSSR count). The highest BCUT2D eigenvalue weighted by molar-refractivity contribution is 7.89. The van der Waals surface area contributed by atoms with E-state index < -0.39 is 10.0 Å². The molecule has 0 bridgehead atoms. The number of aryl methyl sites for hydroxylation is 2. The van der Waals surface area contributed by atoms with Gasteiger partial charge in [-0.3, -0.25) is 4.79 Å². The molecule has 206 valence electrons. The van der Waals surface area contributed by atoms with Gasteiger partial charge in [-0.15, -0.1) is 0 Å². The Morgan fingerprint density at radius 3 is 2.32 bits per heavy atom. The number of aromatic nitrogens is 2. The predicted molar refractivity (Wildman–Crippen MR) is 149 cm³/mol. The van der Waals surface area contributed by atoms with Crippen molar-refractivity contribution in [3.63, 3.8) is 0 Å². The maximum atomic E-state index is 13.4. The quantitative estimate of drug-likeness (QED) is 0.514. The molecule has 1 amide bonds. The van der Waals surface area contributed by atoms with Gasteiger partial charge in [0.15, 0.2) is 0 Å². The number of halogens is 2. The largest absolute Gasteiger partial charge is 0.337 e. The zero-order chi connectivity index (χ0) is 26.9. The Balaban J connectivity index is 1.14. The van der Waals surface area contributed by atoms with Crippen molar-refractivity contribution in [2.75, 3.05) is 38.5 Å². The van der Waals surface area contributed by atoms with Gasteiger partial charge in [-0.2, -0.15) is 4.31 Å². The van der Waals surface area contributed by atoms with E-state index in [0.717, 1.165) is 68.4 Å². The van der Waals surface area contributed by atoms with Gasteiger partial charge in [0.2, 0.25) is 10.0 Å². The van der Waals surface area contributed by atoms with Crippen LogP contribution in [0.2, 0.25) is 10.0 Å². The van der Waals surface area contributed by atoms with E-state index in [0.29, 0.717) is 53.6 Å². The molecule has 2 aromatic rings. The van der Waals surface area contributed by atoms with E-state index in [1.165, 1.54) is 6.33 Å². The van der Waals surface area contributed by atoms with Gasteiger partial charge >= 0.3 is 0 Å². The average molecular weight is 581 g/mol. The number of sulfonamides is 1. The molecule has 0 unspecified atom stereocenters. The second kappa shape index (κ2) is 11.8. The van der Waals surface area contributed by atoms with E-state index in [2.05, 4.69) is 14.9 Å². The molecule has 0 aliphatic carbocycles. The van der Waals surface area contributed by atoms with Crippen LogP contribution in [0.1, 0.15) is 59.4 Å². The minimum absolute atomic E-state index is 0.0305. The van der Waals surface area contributed by atoms with Crippen molar-refractivity contribution >= 4 is 39.1 Å². The number of rotatable bonds is 6. The van der Waals surface area contributed by atoms with Gasteiger partial charge in [0.25, 0.3) is 5.91 Å². The van der Waals surface area contributed by atoms with Crippen LogP contribution in [-0.2, 0) is 22.9 Å². The van der Waals surface area contributed by atoms with Gasteiger partial charge in [-0.25, -0.2) is 18.4 Å². The van der Waals surface area contributed by atoms with Crippen molar-refractivity contribution in [1.82, 2.24) is 24.1 Å². The Morgan fingerprint density at radius 2 is 1.66 bits per heavy atom. The van der Waals surface area contributed by atoms with Crippen LogP contribution >= 0.6 is 23.2 Å². The summed E-state index contributed by atoms with van der Waals surface area (Å²) < 4.78 is 26.3. The molecule has 0 radical (unpaired) electrons. The molecular weight excluding hydrogens is 545 g/mol. The average Bonchev–Trinajstić information content (AvgIpc) is 3.28. The van der Waals surface area contributed by atoms with Gasteiger partial charge in [0.1, 0.15) is 12.0 Å². The Hall–Kier alpha value is -1.78. The third-order valence-electron chi connectivity index (χ3n) is 8.34. The molecule has 8 nitrogen and oxygen atoms in total. The third kappa shape index (κ3) is 6.02. The minimum atomic E-state index is -3.05. The maximum absolute atomic E-state index is 13.4. The molecule has 38 heavy (non-hydrogen) atoms. The summed E-state index contributed by atoms with van der Waals surface area (Å²) in [7, 11) is -3.05. The first-order chi connectivity index (χ1) is 18.2. The fourth-order valence-electron chi connectivity index (χ4n) is 6.10. The molecule has 0 atom stereocenters. The first-order valence-corrected chi connectivity index (χ1v) is 15.9. The molecule has 3 saturated heterocycles. The molecule has 1 aromatic heterocycles. The fourth-order valence-corrected chi connectivity index (χ4v) is 8.23. The molecule has 0 saturated carbocycles. The zero-order valence-electron chi connectivity index (χ0n) is 21.8. The Morgan fingerprint density at radius 1 is 0.947 bits per heavy atom. The lowest BCUT2D eigenvalue weighted by atomic mass is 9.97. The predicted octanol–water partition coefficient (Wildman–Crippen LogP) is 3.98. The Kier molecular flexibility index (Phi) is 8.60. The number of amides is 1. The van der Waals surface area contributed by atoms with E-state index in [4.69, 9.17) is 23.2 Å². The summed E-state index contributed by atoms with van der Waals surface area (Å²) in [5.41, 5.74) is 3.25. The number of nitrogens with zero attached hydrogens (tertiary/aromatic N) is 5. The summed E-state index contributed by atoms with van der Waals surface area (Å²) in [4.78, 5) is 26.6. The minimum Gasteiger partial charge on any atom is -0.337 e. The molecule has 3 aliphatic heterocycles. The highest BCUT2D eigenvalue weighted by Crippen LogP contribution is 2.28. The molecule has 1 aromatic carbocycles. The van der Waals surface area contributed by atoms with E-state index in [1.807, 2.05) is 24.0 Å². The second-order valence-electron chi connectivity index (χ2n) is 10.6. The molecule has 3 aliphatic rings. The number of likely N-dealkylation sites (tertiary alicyclic amines) is 2. The van der Waals surface area contributed by atoms with E-state index in [9.17, 15) is 13.2 Å². The van der Waals surface area contributed by atoms with E-state index in [1.54, 1.807) is 10.4 Å². The van der Waals surface area contributed by atoms with Crippen LogP contribution < -0.4 is 0 Å². The van der Waals surface area contributed by atoms with Crippen LogP contribution in [0.3, 0.4) is 0 Å². The second-order valence-corrected chi connectivity index (χ2v) is 13.5. The zero-order valence-corrected chi connectivity index (χ0v) is 24.1. The van der Waals surface area contributed by atoms with Gasteiger partial charge in [0.05, 0.1) is 15.8 Å². The van der Waals surface area contributed by atoms with E-state index >= 15 is 0 Å². The van der Waals surface area contributed by atoms with Crippen molar-refractivity contribution in [2.24, 2.45) is 0 Å². The summed E-state index contributed by atoms with van der Waals surface area (Å²) in [5, 5.41) is 1.07. The lowest BCUT2D eigenvalue weighted by Crippen LogP contribution is -2.52. The Bertz CT molecular complexity index is 1280. The first-order valence-electron chi connectivity index (χ1n) is 13.5. The van der Waals surface area contributed by atoms with Crippen LogP contribution in [0.15, 0.2) is 24.5 Å². The molecule has 3 fully saturated rings. The van der Waals surface area contributed by atoms with Crippen molar-refractivity contribution in [3.8, 4) is 0 Å². The SMILES string of the molecule is Cc1c(CCc2ccc(Cl)c(Cl)c2)ncnc1C(=O)N1CCC(N2CCC(N3CCCS3(=O)=O)CC2)CC1. The highest BCUT2D eigenvalue weighted by atomic mass is 35.5. The standard InChI is InChI=1S/C27H35Cl2N5O3S/c1-19-25(6-4-20-3-5-23(28)24(29)17-20)30-18-31-26(19)27(35)33-14-7-21(8-15-33)32-12-9-22(10-13-32)34-11-2-16-38(34,36)37/h3,5,17-18,21-22H,2,4,6-16H2,1H3. The molecule has 4 heterocycles. The van der Waals surface area contributed by atoms with Crippen molar-refractivity contribution in [1.29, 1.82) is 0 Å². The molecular formula is C27H35Cl2N5O3S. The van der Waals surface area contributed by atoms with Crippen LogP contribution in [0.4, 0.5) is 0 Å². The normalized spacial score (nSPS) is 21.7. The van der Waals surface area contributed by atoms with Crippen molar-refractivity contribution < 1.29 is 13.2 Å². The fraction of sp³-hybridized carbons (Fsp3) is 0.593. The first kappa shape index (κ1) is 27.8. The Labute approximate surface area is 235 Å². The summed E-state index contributed by atoms with van der Waals surface area (Å²) >= 11 is 12.2.